The highest BCUT2D eigenvalue weighted by Crippen LogP contribution is 2.37. The largest absolute Gasteiger partial charge is 0.493 e. The minimum absolute atomic E-state index is 0.377. The summed E-state index contributed by atoms with van der Waals surface area (Å²) in [6.07, 6.45) is 3.43. The van der Waals surface area contributed by atoms with Gasteiger partial charge in [0.25, 0.3) is 5.78 Å². The Kier molecular flexibility index (Phi) is 5.83. The lowest BCUT2D eigenvalue weighted by Gasteiger charge is -2.39. The van der Waals surface area contributed by atoms with Crippen LogP contribution >= 0.6 is 0 Å². The van der Waals surface area contributed by atoms with Crippen molar-refractivity contribution in [1.82, 2.24) is 24.5 Å². The van der Waals surface area contributed by atoms with Crippen molar-refractivity contribution in [3.63, 3.8) is 0 Å². The number of hydrogen-bond acceptors (Lipinski definition) is 7. The number of fused-ring (bicyclic) bond motifs is 1. The number of ether oxygens (including phenoxy) is 2. The van der Waals surface area contributed by atoms with E-state index >= 15 is 0 Å². The molecule has 4 aromatic rings. The van der Waals surface area contributed by atoms with Crippen LogP contribution in [-0.4, -0.2) is 64.9 Å². The first-order valence-electron chi connectivity index (χ1n) is 11.1. The number of piperazine rings is 1. The van der Waals surface area contributed by atoms with Gasteiger partial charge >= 0.3 is 0 Å². The average Bonchev–Trinajstić information content (AvgIpc) is 3.37. The van der Waals surface area contributed by atoms with E-state index in [0.29, 0.717) is 23.3 Å². The van der Waals surface area contributed by atoms with Crippen molar-refractivity contribution in [2.45, 2.75) is 13.0 Å². The summed E-state index contributed by atoms with van der Waals surface area (Å²) >= 11 is 0. The second-order valence-electron chi connectivity index (χ2n) is 8.15. The van der Waals surface area contributed by atoms with Gasteiger partial charge in [0.05, 0.1) is 14.2 Å². The van der Waals surface area contributed by atoms with Crippen LogP contribution in [-0.2, 0) is 0 Å². The molecule has 0 saturated carbocycles. The first-order valence-corrected chi connectivity index (χ1v) is 11.1. The van der Waals surface area contributed by atoms with Crippen LogP contribution in [0.1, 0.15) is 18.5 Å². The van der Waals surface area contributed by atoms with Gasteiger partial charge in [-0.1, -0.05) is 36.4 Å². The number of methoxy groups -OCH3 is 2. The Bertz CT molecular complexity index is 1230. The van der Waals surface area contributed by atoms with Gasteiger partial charge in [-0.2, -0.15) is 14.6 Å². The number of benzene rings is 2. The molecule has 33 heavy (non-hydrogen) atoms. The number of aromatic nitrogens is 4. The van der Waals surface area contributed by atoms with Gasteiger partial charge in [-0.3, -0.25) is 4.90 Å². The van der Waals surface area contributed by atoms with E-state index < -0.39 is 0 Å². The molecule has 1 saturated heterocycles. The van der Waals surface area contributed by atoms with Crippen LogP contribution in [0.2, 0.25) is 0 Å². The van der Waals surface area contributed by atoms with Gasteiger partial charge in [-0.25, -0.2) is 4.98 Å². The molecular weight excluding hydrogens is 416 g/mol. The number of hydrogen-bond donors (Lipinski definition) is 0. The zero-order chi connectivity index (χ0) is 22.8. The normalized spacial score (nSPS) is 15.5. The summed E-state index contributed by atoms with van der Waals surface area (Å²) in [6, 6.07) is 17.0. The number of anilines is 1. The second kappa shape index (κ2) is 9.07. The van der Waals surface area contributed by atoms with Crippen molar-refractivity contribution < 1.29 is 9.47 Å². The van der Waals surface area contributed by atoms with Crippen LogP contribution in [0.4, 0.5) is 5.82 Å². The standard InChI is InChI=1S/C25H28N6O2/c1-18(19-7-5-4-6-8-19)29-11-13-30(14-12-29)24-21(16-26-25-27-17-28-31(24)25)20-9-10-22(32-2)23(15-20)33-3/h4-10,15-18H,11-14H2,1-3H3. The third-order valence-corrected chi connectivity index (χ3v) is 6.42. The summed E-state index contributed by atoms with van der Waals surface area (Å²) in [7, 11) is 3.29. The summed E-state index contributed by atoms with van der Waals surface area (Å²) in [5.41, 5.74) is 3.32. The highest BCUT2D eigenvalue weighted by atomic mass is 16.5. The van der Waals surface area contributed by atoms with E-state index in [0.717, 1.165) is 43.1 Å². The van der Waals surface area contributed by atoms with E-state index in [1.807, 2.05) is 28.9 Å². The maximum Gasteiger partial charge on any atom is 0.254 e. The van der Waals surface area contributed by atoms with Crippen molar-refractivity contribution in [3.8, 4) is 22.6 Å². The van der Waals surface area contributed by atoms with Gasteiger partial charge in [-0.15, -0.1) is 0 Å². The van der Waals surface area contributed by atoms with E-state index in [1.54, 1.807) is 20.5 Å². The lowest BCUT2D eigenvalue weighted by molar-refractivity contribution is 0.198. The lowest BCUT2D eigenvalue weighted by atomic mass is 10.0. The minimum Gasteiger partial charge on any atom is -0.493 e. The summed E-state index contributed by atoms with van der Waals surface area (Å²) in [5, 5.41) is 4.49. The Morgan fingerprint density at radius 1 is 0.879 bits per heavy atom. The van der Waals surface area contributed by atoms with Crippen LogP contribution in [0.5, 0.6) is 11.5 Å². The van der Waals surface area contributed by atoms with Gasteiger partial charge in [0.15, 0.2) is 11.5 Å². The van der Waals surface area contributed by atoms with E-state index in [9.17, 15) is 0 Å². The molecule has 8 nitrogen and oxygen atoms in total. The Balaban J connectivity index is 1.47. The molecule has 0 radical (unpaired) electrons. The van der Waals surface area contributed by atoms with E-state index in [4.69, 9.17) is 9.47 Å². The Labute approximate surface area is 193 Å². The topological polar surface area (TPSA) is 68.0 Å². The van der Waals surface area contributed by atoms with Gasteiger partial charge < -0.3 is 14.4 Å². The molecule has 1 aliphatic heterocycles. The molecule has 1 unspecified atom stereocenters. The van der Waals surface area contributed by atoms with E-state index in [-0.39, 0.29) is 0 Å². The molecule has 0 bridgehead atoms. The third kappa shape index (κ3) is 3.98. The monoisotopic (exact) mass is 444 g/mol. The average molecular weight is 445 g/mol. The molecule has 0 aliphatic carbocycles. The van der Waals surface area contributed by atoms with Crippen LogP contribution in [0, 0.1) is 0 Å². The predicted octanol–water partition coefficient (Wildman–Crippen LogP) is 3.69. The SMILES string of the molecule is COc1ccc(-c2cnc3ncnn3c2N2CCN(C(C)c3ccccc3)CC2)cc1OC. The van der Waals surface area contributed by atoms with Gasteiger partial charge in [0.1, 0.15) is 12.1 Å². The minimum atomic E-state index is 0.377. The van der Waals surface area contributed by atoms with Crippen LogP contribution in [0.3, 0.4) is 0 Å². The maximum atomic E-state index is 5.54. The van der Waals surface area contributed by atoms with E-state index in [1.165, 1.54) is 5.56 Å². The van der Waals surface area contributed by atoms with Crippen LogP contribution < -0.4 is 14.4 Å². The number of nitrogens with zero attached hydrogens (tertiary/aromatic N) is 6. The zero-order valence-corrected chi connectivity index (χ0v) is 19.2. The second-order valence-corrected chi connectivity index (χ2v) is 8.15. The molecule has 8 heteroatoms. The molecule has 0 amide bonds. The Morgan fingerprint density at radius 2 is 1.64 bits per heavy atom. The summed E-state index contributed by atoms with van der Waals surface area (Å²) in [5.74, 6) is 2.97. The summed E-state index contributed by atoms with van der Waals surface area (Å²) in [6.45, 7) is 5.97. The van der Waals surface area contributed by atoms with Crippen molar-refractivity contribution in [3.05, 3.63) is 66.6 Å². The quantitative estimate of drug-likeness (QED) is 0.449. The fourth-order valence-electron chi connectivity index (χ4n) is 4.54. The van der Waals surface area contributed by atoms with Crippen molar-refractivity contribution in [1.29, 1.82) is 0 Å². The molecule has 1 atom stereocenters. The first kappa shape index (κ1) is 21.2. The highest BCUT2D eigenvalue weighted by Gasteiger charge is 2.26. The molecular formula is C25H28N6O2. The lowest BCUT2D eigenvalue weighted by Crippen LogP contribution is -2.48. The van der Waals surface area contributed by atoms with Crippen LogP contribution in [0.15, 0.2) is 61.1 Å². The molecule has 1 aliphatic rings. The fourth-order valence-corrected chi connectivity index (χ4v) is 4.54. The third-order valence-electron chi connectivity index (χ3n) is 6.42. The van der Waals surface area contributed by atoms with Crippen LogP contribution in [0.25, 0.3) is 16.9 Å². The maximum absolute atomic E-state index is 5.54. The predicted molar refractivity (Wildman–Crippen MR) is 128 cm³/mol. The molecule has 2 aromatic heterocycles. The van der Waals surface area contributed by atoms with Crippen molar-refractivity contribution in [2.75, 3.05) is 45.3 Å². The molecule has 2 aromatic carbocycles. The molecule has 170 valence electrons. The van der Waals surface area contributed by atoms with Gasteiger partial charge in [0, 0.05) is 44.0 Å². The summed E-state index contributed by atoms with van der Waals surface area (Å²) in [4.78, 5) is 13.8. The molecule has 5 rings (SSSR count). The fraction of sp³-hybridized carbons (Fsp3) is 0.320. The molecule has 3 heterocycles. The van der Waals surface area contributed by atoms with Crippen molar-refractivity contribution in [2.24, 2.45) is 0 Å². The smallest absolute Gasteiger partial charge is 0.254 e. The van der Waals surface area contributed by atoms with Gasteiger partial charge in [-0.05, 0) is 30.2 Å². The zero-order valence-electron chi connectivity index (χ0n) is 19.2. The Hall–Kier alpha value is -3.65. The van der Waals surface area contributed by atoms with E-state index in [2.05, 4.69) is 62.1 Å². The molecule has 0 N–H and O–H groups in total. The first-order chi connectivity index (χ1) is 16.2. The molecule has 1 fully saturated rings. The number of rotatable bonds is 6. The molecule has 0 spiro atoms. The summed E-state index contributed by atoms with van der Waals surface area (Å²) < 4.78 is 12.8. The van der Waals surface area contributed by atoms with Gasteiger partial charge in [0.2, 0.25) is 0 Å². The Morgan fingerprint density at radius 3 is 2.36 bits per heavy atom. The van der Waals surface area contributed by atoms with Crippen molar-refractivity contribution >= 4 is 11.6 Å². The highest BCUT2D eigenvalue weighted by molar-refractivity contribution is 5.78.